The van der Waals surface area contributed by atoms with Crippen molar-refractivity contribution >= 4 is 51.2 Å². The van der Waals surface area contributed by atoms with Crippen molar-refractivity contribution in [3.05, 3.63) is 111 Å². The fourth-order valence-corrected chi connectivity index (χ4v) is 7.06. The summed E-state index contributed by atoms with van der Waals surface area (Å²) in [5, 5.41) is 12.9. The quantitative estimate of drug-likeness (QED) is 0.135. The van der Waals surface area contributed by atoms with Crippen LogP contribution >= 0.6 is 11.8 Å². The minimum atomic E-state index is -0.382. The van der Waals surface area contributed by atoms with Crippen LogP contribution in [0.1, 0.15) is 49.4 Å². The first kappa shape index (κ1) is 27.0. The van der Waals surface area contributed by atoms with Gasteiger partial charge >= 0.3 is 0 Å². The van der Waals surface area contributed by atoms with Crippen LogP contribution in [0.15, 0.2) is 88.8 Å². The third-order valence-corrected chi connectivity index (χ3v) is 9.24. The smallest absolute Gasteiger partial charge is 0.269 e. The van der Waals surface area contributed by atoms with Crippen molar-refractivity contribution in [2.24, 2.45) is 10.9 Å². The Morgan fingerprint density at radius 1 is 1.00 bits per heavy atom. The molecule has 2 atom stereocenters. The largest absolute Gasteiger partial charge is 0.340 e. The molecular formula is C33H32N4O3S. The van der Waals surface area contributed by atoms with Crippen molar-refractivity contribution < 1.29 is 9.72 Å². The van der Waals surface area contributed by atoms with Crippen molar-refractivity contribution in [3.63, 3.8) is 0 Å². The van der Waals surface area contributed by atoms with E-state index in [0.29, 0.717) is 17.4 Å². The summed E-state index contributed by atoms with van der Waals surface area (Å²) in [6.07, 6.45) is 6.46. The van der Waals surface area contributed by atoms with Gasteiger partial charge in [-0.3, -0.25) is 19.8 Å². The van der Waals surface area contributed by atoms with Crippen LogP contribution in [0.3, 0.4) is 0 Å². The third-order valence-electron chi connectivity index (χ3n) is 8.26. The number of fused-ring (bicyclic) bond motifs is 1. The normalized spacial score (nSPS) is 21.3. The zero-order valence-electron chi connectivity index (χ0n) is 23.2. The molecule has 1 aromatic heterocycles. The van der Waals surface area contributed by atoms with Crippen molar-refractivity contribution in [2.45, 2.75) is 52.1 Å². The van der Waals surface area contributed by atoms with Crippen LogP contribution in [0.2, 0.25) is 0 Å². The van der Waals surface area contributed by atoms with Crippen LogP contribution in [0.4, 0.5) is 11.4 Å². The first-order chi connectivity index (χ1) is 19.9. The number of para-hydroxylation sites is 2. The van der Waals surface area contributed by atoms with Gasteiger partial charge in [-0.25, -0.2) is 4.99 Å². The Kier molecular flexibility index (Phi) is 7.49. The highest BCUT2D eigenvalue weighted by Gasteiger charge is 2.41. The second-order valence-electron chi connectivity index (χ2n) is 10.9. The Bertz CT molecular complexity index is 1670. The van der Waals surface area contributed by atoms with Crippen LogP contribution in [0.5, 0.6) is 0 Å². The van der Waals surface area contributed by atoms with Gasteiger partial charge in [-0.15, -0.1) is 0 Å². The predicted molar refractivity (Wildman–Crippen MR) is 166 cm³/mol. The number of aliphatic imine (C=N–C) groups is 1. The zero-order valence-corrected chi connectivity index (χ0v) is 24.0. The lowest BCUT2D eigenvalue weighted by molar-refractivity contribution is -0.384. The van der Waals surface area contributed by atoms with Gasteiger partial charge in [0.15, 0.2) is 5.17 Å². The van der Waals surface area contributed by atoms with E-state index in [1.165, 1.54) is 18.2 Å². The fraction of sp³-hybridized carbons (Fsp3) is 0.273. The van der Waals surface area contributed by atoms with Crippen LogP contribution in [-0.2, 0) is 11.3 Å². The summed E-state index contributed by atoms with van der Waals surface area (Å²) in [4.78, 5) is 32.4. The summed E-state index contributed by atoms with van der Waals surface area (Å²) < 4.78 is 2.22. The van der Waals surface area contributed by atoms with Crippen LogP contribution < -0.4 is 0 Å². The summed E-state index contributed by atoms with van der Waals surface area (Å²) in [6.45, 7) is 4.89. The lowest BCUT2D eigenvalue weighted by Crippen LogP contribution is -2.44. The molecule has 2 fully saturated rings. The molecule has 208 valence electrons. The van der Waals surface area contributed by atoms with E-state index in [9.17, 15) is 14.9 Å². The molecule has 0 unspecified atom stereocenters. The lowest BCUT2D eigenvalue weighted by Gasteiger charge is -2.35. The van der Waals surface area contributed by atoms with Gasteiger partial charge in [-0.2, -0.15) is 0 Å². The van der Waals surface area contributed by atoms with Crippen LogP contribution in [0, 0.1) is 23.0 Å². The van der Waals surface area contributed by atoms with Gasteiger partial charge in [0.25, 0.3) is 11.6 Å². The Labute approximate surface area is 243 Å². The molecule has 1 amide bonds. The number of rotatable bonds is 6. The van der Waals surface area contributed by atoms with E-state index >= 15 is 0 Å². The second-order valence-corrected chi connectivity index (χ2v) is 11.9. The number of nitro groups is 1. The fourth-order valence-electron chi connectivity index (χ4n) is 6.03. The van der Waals surface area contributed by atoms with Crippen molar-refractivity contribution in [1.29, 1.82) is 0 Å². The lowest BCUT2D eigenvalue weighted by atomic mass is 9.85. The number of thioether (sulfide) groups is 1. The van der Waals surface area contributed by atoms with E-state index in [1.54, 1.807) is 24.3 Å². The Balaban J connectivity index is 1.40. The van der Waals surface area contributed by atoms with E-state index in [-0.39, 0.29) is 22.6 Å². The molecule has 7 nitrogen and oxygen atoms in total. The molecule has 2 heterocycles. The average molecular weight is 565 g/mol. The number of benzene rings is 3. The number of amides is 1. The molecule has 1 aliphatic heterocycles. The second kappa shape index (κ2) is 11.4. The maximum atomic E-state index is 14.1. The van der Waals surface area contributed by atoms with Gasteiger partial charge in [0.1, 0.15) is 0 Å². The molecule has 1 aliphatic carbocycles. The van der Waals surface area contributed by atoms with Gasteiger partial charge in [-0.1, -0.05) is 68.3 Å². The van der Waals surface area contributed by atoms with E-state index < -0.39 is 0 Å². The number of hydrogen-bond donors (Lipinski definition) is 0. The maximum Gasteiger partial charge on any atom is 0.269 e. The summed E-state index contributed by atoms with van der Waals surface area (Å²) in [5.74, 6) is 0.439. The van der Waals surface area contributed by atoms with Gasteiger partial charge in [0, 0.05) is 46.9 Å². The monoisotopic (exact) mass is 564 g/mol. The van der Waals surface area contributed by atoms with E-state index in [1.807, 2.05) is 53.4 Å². The molecule has 1 saturated heterocycles. The number of hydrogen-bond acceptors (Lipinski definition) is 5. The predicted octanol–water partition coefficient (Wildman–Crippen LogP) is 8.09. The van der Waals surface area contributed by atoms with Gasteiger partial charge in [0.05, 0.1) is 15.5 Å². The number of nitrogens with zero attached hydrogens (tertiary/aromatic N) is 4. The van der Waals surface area contributed by atoms with Crippen molar-refractivity contribution in [3.8, 4) is 0 Å². The number of carbonyl (C=O) groups is 1. The van der Waals surface area contributed by atoms with E-state index in [0.717, 1.165) is 57.8 Å². The minimum Gasteiger partial charge on any atom is -0.340 e. The van der Waals surface area contributed by atoms with Gasteiger partial charge in [-0.05, 0) is 67.3 Å². The number of aromatic nitrogens is 1. The topological polar surface area (TPSA) is 80.7 Å². The maximum absolute atomic E-state index is 14.1. The highest BCUT2D eigenvalue weighted by atomic mass is 32.2. The zero-order chi connectivity index (χ0) is 28.5. The summed E-state index contributed by atoms with van der Waals surface area (Å²) in [7, 11) is 0. The summed E-state index contributed by atoms with van der Waals surface area (Å²) >= 11 is 1.46. The first-order valence-electron chi connectivity index (χ1n) is 14.1. The van der Waals surface area contributed by atoms with Crippen molar-refractivity contribution in [1.82, 2.24) is 9.47 Å². The Morgan fingerprint density at radius 3 is 2.44 bits per heavy atom. The molecule has 0 radical (unpaired) electrons. The molecule has 1 saturated carbocycles. The van der Waals surface area contributed by atoms with Crippen LogP contribution in [-0.4, -0.2) is 31.5 Å². The molecule has 0 bridgehead atoms. The molecule has 4 aromatic rings. The minimum absolute atomic E-state index is 0.0232. The molecule has 6 rings (SSSR count). The van der Waals surface area contributed by atoms with Crippen molar-refractivity contribution in [2.75, 3.05) is 0 Å². The Morgan fingerprint density at radius 2 is 1.71 bits per heavy atom. The van der Waals surface area contributed by atoms with Gasteiger partial charge < -0.3 is 4.57 Å². The average Bonchev–Trinajstić information content (AvgIpc) is 3.42. The number of amidine groups is 1. The number of carbonyl (C=O) groups excluding carboxylic acids is 1. The Hall–Kier alpha value is -4.17. The first-order valence-corrected chi connectivity index (χ1v) is 14.9. The number of non-ortho nitro benzene ring substituents is 1. The highest BCUT2D eigenvalue weighted by molar-refractivity contribution is 8.18. The molecule has 0 N–H and O–H groups in total. The molecule has 41 heavy (non-hydrogen) atoms. The van der Waals surface area contributed by atoms with E-state index in [4.69, 9.17) is 4.99 Å². The SMILES string of the molecule is Cc1c(/C=C2\SC(=Nc3ccccc3)N([C@H]3CCCC[C@@H]3C)C2=O)c2ccccc2n1Cc1ccc([N+](=O)[O-])cc1. The molecule has 8 heteroatoms. The molecule has 2 aliphatic rings. The van der Waals surface area contributed by atoms with Gasteiger partial charge in [0.2, 0.25) is 0 Å². The highest BCUT2D eigenvalue weighted by Crippen LogP contribution is 2.41. The molecule has 3 aromatic carbocycles. The molecular weight excluding hydrogens is 532 g/mol. The summed E-state index contributed by atoms with van der Waals surface area (Å²) in [5.41, 5.74) is 5.00. The summed E-state index contributed by atoms with van der Waals surface area (Å²) in [6, 6.07) is 24.9. The molecule has 0 spiro atoms. The third kappa shape index (κ3) is 5.32. The van der Waals surface area contributed by atoms with E-state index in [2.05, 4.69) is 30.5 Å². The number of nitro benzene ring substituents is 1. The standard InChI is InChI=1S/C33H32N4O3S/c1-22-10-6-8-14-29(22)36-32(38)31(41-33(36)34-25-11-4-3-5-12-25)20-28-23(2)35(30-15-9-7-13-27(28)30)21-24-16-18-26(19-17-24)37(39)40/h3-5,7,9,11-13,15-20,22,29H,6,8,10,14,21H2,1-2H3/b31-20-,34-33?/t22-,29-/m0/s1. The van der Waals surface area contributed by atoms with Crippen LogP contribution in [0.25, 0.3) is 17.0 Å².